The Balaban J connectivity index is 2.96. The van der Waals surface area contributed by atoms with Crippen LogP contribution in [0.3, 0.4) is 0 Å². The molecule has 0 bridgehead atoms. The second-order valence-electron chi connectivity index (χ2n) is 4.78. The molecule has 0 spiro atoms. The SMILES string of the molecule is COc1ccc(CC(C)(O)C(C)C(=O)O)cc1OC. The summed E-state index contributed by atoms with van der Waals surface area (Å²) in [6, 6.07) is 5.25. The Morgan fingerprint density at radius 1 is 1.32 bits per heavy atom. The molecule has 2 unspecified atom stereocenters. The lowest BCUT2D eigenvalue weighted by Crippen LogP contribution is -2.39. The van der Waals surface area contributed by atoms with E-state index in [1.165, 1.54) is 21.0 Å². The van der Waals surface area contributed by atoms with E-state index in [0.717, 1.165) is 5.56 Å². The van der Waals surface area contributed by atoms with E-state index in [0.29, 0.717) is 11.5 Å². The fourth-order valence-corrected chi connectivity index (χ4v) is 1.82. The summed E-state index contributed by atoms with van der Waals surface area (Å²) in [6.45, 7) is 3.01. The molecule has 0 aromatic heterocycles. The molecule has 1 rings (SSSR count). The third-order valence-electron chi connectivity index (χ3n) is 3.31. The van der Waals surface area contributed by atoms with E-state index >= 15 is 0 Å². The third-order valence-corrected chi connectivity index (χ3v) is 3.31. The van der Waals surface area contributed by atoms with Gasteiger partial charge in [-0.15, -0.1) is 0 Å². The summed E-state index contributed by atoms with van der Waals surface area (Å²) >= 11 is 0. The predicted octanol–water partition coefficient (Wildman–Crippen LogP) is 1.72. The molecule has 0 aliphatic carbocycles. The Kier molecular flexibility index (Phi) is 4.78. The molecular formula is C14H20O5. The van der Waals surface area contributed by atoms with Crippen molar-refractivity contribution in [2.75, 3.05) is 14.2 Å². The molecule has 2 atom stereocenters. The highest BCUT2D eigenvalue weighted by Crippen LogP contribution is 2.30. The number of aliphatic hydroxyl groups is 1. The summed E-state index contributed by atoms with van der Waals surface area (Å²) in [5.41, 5.74) is -0.540. The minimum atomic E-state index is -1.33. The van der Waals surface area contributed by atoms with Gasteiger partial charge in [-0.05, 0) is 31.5 Å². The van der Waals surface area contributed by atoms with Crippen molar-refractivity contribution in [3.8, 4) is 11.5 Å². The van der Waals surface area contributed by atoms with Crippen molar-refractivity contribution in [1.29, 1.82) is 0 Å². The highest BCUT2D eigenvalue weighted by atomic mass is 16.5. The molecule has 2 N–H and O–H groups in total. The van der Waals surface area contributed by atoms with Gasteiger partial charge < -0.3 is 19.7 Å². The molecule has 0 aliphatic heterocycles. The zero-order valence-corrected chi connectivity index (χ0v) is 11.6. The smallest absolute Gasteiger partial charge is 0.309 e. The number of benzene rings is 1. The van der Waals surface area contributed by atoms with E-state index in [1.807, 2.05) is 0 Å². The van der Waals surface area contributed by atoms with Gasteiger partial charge in [0, 0.05) is 6.42 Å². The van der Waals surface area contributed by atoms with Crippen LogP contribution in [0, 0.1) is 5.92 Å². The van der Waals surface area contributed by atoms with Crippen LogP contribution in [0.15, 0.2) is 18.2 Å². The molecule has 0 aliphatic rings. The van der Waals surface area contributed by atoms with Crippen LogP contribution in [-0.4, -0.2) is 36.0 Å². The topological polar surface area (TPSA) is 76.0 Å². The van der Waals surface area contributed by atoms with Crippen LogP contribution in [0.5, 0.6) is 11.5 Å². The second kappa shape index (κ2) is 5.93. The van der Waals surface area contributed by atoms with E-state index in [-0.39, 0.29) is 6.42 Å². The average molecular weight is 268 g/mol. The monoisotopic (exact) mass is 268 g/mol. The highest BCUT2D eigenvalue weighted by molar-refractivity contribution is 5.71. The number of carboxylic acids is 1. The van der Waals surface area contributed by atoms with Crippen molar-refractivity contribution < 1.29 is 24.5 Å². The van der Waals surface area contributed by atoms with Crippen LogP contribution in [0.2, 0.25) is 0 Å². The molecule has 0 saturated carbocycles. The number of carbonyl (C=O) groups is 1. The Hall–Kier alpha value is -1.75. The van der Waals surface area contributed by atoms with Crippen LogP contribution in [-0.2, 0) is 11.2 Å². The Morgan fingerprint density at radius 3 is 2.37 bits per heavy atom. The first-order chi connectivity index (χ1) is 8.81. The molecule has 0 fully saturated rings. The molecular weight excluding hydrogens is 248 g/mol. The maximum absolute atomic E-state index is 11.0. The largest absolute Gasteiger partial charge is 0.493 e. The van der Waals surface area contributed by atoms with E-state index in [9.17, 15) is 9.90 Å². The first kappa shape index (κ1) is 15.3. The molecule has 0 amide bonds. The summed E-state index contributed by atoms with van der Waals surface area (Å²) in [6.07, 6.45) is 0.223. The third kappa shape index (κ3) is 3.61. The number of carboxylic acid groups (broad SMARTS) is 1. The lowest BCUT2D eigenvalue weighted by molar-refractivity contribution is -0.149. The first-order valence-electron chi connectivity index (χ1n) is 5.98. The van der Waals surface area contributed by atoms with Crippen molar-refractivity contribution in [2.24, 2.45) is 5.92 Å². The lowest BCUT2D eigenvalue weighted by atomic mass is 9.85. The molecule has 5 heteroatoms. The molecule has 106 valence electrons. The number of hydrogen-bond acceptors (Lipinski definition) is 4. The fourth-order valence-electron chi connectivity index (χ4n) is 1.82. The van der Waals surface area contributed by atoms with Gasteiger partial charge in [0.1, 0.15) is 0 Å². The number of rotatable bonds is 6. The number of methoxy groups -OCH3 is 2. The first-order valence-corrected chi connectivity index (χ1v) is 5.98. The average Bonchev–Trinajstić information content (AvgIpc) is 2.36. The van der Waals surface area contributed by atoms with Crippen LogP contribution in [0.4, 0.5) is 0 Å². The van der Waals surface area contributed by atoms with Crippen LogP contribution < -0.4 is 9.47 Å². The van der Waals surface area contributed by atoms with E-state index in [1.54, 1.807) is 25.3 Å². The van der Waals surface area contributed by atoms with Gasteiger partial charge >= 0.3 is 5.97 Å². The van der Waals surface area contributed by atoms with Gasteiger partial charge in [-0.1, -0.05) is 6.07 Å². The Morgan fingerprint density at radius 2 is 1.89 bits per heavy atom. The zero-order chi connectivity index (χ0) is 14.6. The van der Waals surface area contributed by atoms with E-state index < -0.39 is 17.5 Å². The van der Waals surface area contributed by atoms with Gasteiger partial charge in [0.15, 0.2) is 11.5 Å². The molecule has 5 nitrogen and oxygen atoms in total. The van der Waals surface area contributed by atoms with Gasteiger partial charge in [-0.25, -0.2) is 0 Å². The van der Waals surface area contributed by atoms with Gasteiger partial charge in [0.25, 0.3) is 0 Å². The van der Waals surface area contributed by atoms with Gasteiger partial charge in [-0.2, -0.15) is 0 Å². The van der Waals surface area contributed by atoms with Crippen LogP contribution in [0.1, 0.15) is 19.4 Å². The molecule has 19 heavy (non-hydrogen) atoms. The van der Waals surface area contributed by atoms with Crippen molar-refractivity contribution in [1.82, 2.24) is 0 Å². The molecule has 0 heterocycles. The summed E-state index contributed by atoms with van der Waals surface area (Å²) in [5.74, 6) is -0.734. The quantitative estimate of drug-likeness (QED) is 0.821. The molecule has 0 radical (unpaired) electrons. The highest BCUT2D eigenvalue weighted by Gasteiger charge is 2.33. The lowest BCUT2D eigenvalue weighted by Gasteiger charge is -2.27. The van der Waals surface area contributed by atoms with Crippen molar-refractivity contribution >= 4 is 5.97 Å². The standard InChI is InChI=1S/C14H20O5/c1-9(13(15)16)14(2,17)8-10-5-6-11(18-3)12(7-10)19-4/h5-7,9,17H,8H2,1-4H3,(H,15,16). The maximum atomic E-state index is 11.0. The zero-order valence-electron chi connectivity index (χ0n) is 11.6. The molecule has 1 aromatic rings. The van der Waals surface area contributed by atoms with Crippen LogP contribution >= 0.6 is 0 Å². The number of hydrogen-bond donors (Lipinski definition) is 2. The summed E-state index contributed by atoms with van der Waals surface area (Å²) in [7, 11) is 3.07. The van der Waals surface area contributed by atoms with Gasteiger partial charge in [0.2, 0.25) is 0 Å². The molecule has 1 aromatic carbocycles. The minimum absolute atomic E-state index is 0.223. The van der Waals surface area contributed by atoms with E-state index in [4.69, 9.17) is 14.6 Å². The minimum Gasteiger partial charge on any atom is -0.493 e. The second-order valence-corrected chi connectivity index (χ2v) is 4.78. The number of aliphatic carboxylic acids is 1. The van der Waals surface area contributed by atoms with Crippen molar-refractivity contribution in [2.45, 2.75) is 25.9 Å². The Labute approximate surface area is 112 Å². The maximum Gasteiger partial charge on any atom is 0.309 e. The van der Waals surface area contributed by atoms with Crippen LogP contribution in [0.25, 0.3) is 0 Å². The van der Waals surface area contributed by atoms with Crippen molar-refractivity contribution in [3.05, 3.63) is 23.8 Å². The summed E-state index contributed by atoms with van der Waals surface area (Å²) < 4.78 is 10.3. The Bertz CT molecular complexity index is 453. The molecule has 0 saturated heterocycles. The summed E-state index contributed by atoms with van der Waals surface area (Å²) in [5, 5.41) is 19.2. The summed E-state index contributed by atoms with van der Waals surface area (Å²) in [4.78, 5) is 11.0. The van der Waals surface area contributed by atoms with Crippen molar-refractivity contribution in [3.63, 3.8) is 0 Å². The fraction of sp³-hybridized carbons (Fsp3) is 0.500. The van der Waals surface area contributed by atoms with Gasteiger partial charge in [-0.3, -0.25) is 4.79 Å². The predicted molar refractivity (Wildman–Crippen MR) is 70.7 cm³/mol. The van der Waals surface area contributed by atoms with E-state index in [2.05, 4.69) is 0 Å². The number of ether oxygens (including phenoxy) is 2. The van der Waals surface area contributed by atoms with Gasteiger partial charge in [0.05, 0.1) is 25.7 Å². The normalized spacial score (nSPS) is 15.4.